The van der Waals surface area contributed by atoms with E-state index in [0.717, 1.165) is 29.7 Å². The van der Waals surface area contributed by atoms with Gasteiger partial charge in [0.1, 0.15) is 5.75 Å². The van der Waals surface area contributed by atoms with E-state index >= 15 is 0 Å². The fraction of sp³-hybridized carbons (Fsp3) is 0.435. The van der Waals surface area contributed by atoms with Crippen molar-refractivity contribution in [1.82, 2.24) is 5.32 Å². The zero-order valence-corrected chi connectivity index (χ0v) is 16.5. The average molecular weight is 370 g/mol. The topological polar surface area (TPSA) is 58.6 Å². The Morgan fingerprint density at radius 3 is 2.30 bits per heavy atom. The highest BCUT2D eigenvalue weighted by Crippen LogP contribution is 2.22. The number of carbonyl (C=O) groups excluding carboxylic acids is 1. The van der Waals surface area contributed by atoms with Crippen molar-refractivity contribution in [2.45, 2.75) is 45.6 Å². The Balaban J connectivity index is 1.96. The van der Waals surface area contributed by atoms with Crippen LogP contribution in [0.25, 0.3) is 0 Å². The van der Waals surface area contributed by atoms with E-state index in [4.69, 9.17) is 4.74 Å². The predicted octanol–water partition coefficient (Wildman–Crippen LogP) is 4.45. The molecule has 4 heteroatoms. The first kappa shape index (κ1) is 21.0. The number of ether oxygens (including phenoxy) is 1. The number of aliphatic hydroxyl groups excluding tert-OH is 1. The molecule has 4 nitrogen and oxygen atoms in total. The normalized spacial score (nSPS) is 14.2. The van der Waals surface area contributed by atoms with Gasteiger partial charge in [-0.05, 0) is 42.5 Å². The zero-order valence-electron chi connectivity index (χ0n) is 16.5. The van der Waals surface area contributed by atoms with Gasteiger partial charge in [-0.25, -0.2) is 0 Å². The number of aliphatic hydroxyl groups is 1. The molecule has 0 bridgehead atoms. The summed E-state index contributed by atoms with van der Waals surface area (Å²) in [6.45, 7) is 6.74. The van der Waals surface area contributed by atoms with Crippen molar-refractivity contribution in [3.05, 3.63) is 65.7 Å². The van der Waals surface area contributed by atoms with Crippen LogP contribution in [0.15, 0.2) is 54.6 Å². The van der Waals surface area contributed by atoms with Crippen molar-refractivity contribution in [3.63, 3.8) is 0 Å². The third kappa shape index (κ3) is 6.40. The Kier molecular flexibility index (Phi) is 8.34. The summed E-state index contributed by atoms with van der Waals surface area (Å²) >= 11 is 0. The van der Waals surface area contributed by atoms with Gasteiger partial charge >= 0.3 is 0 Å². The molecule has 2 rings (SSSR count). The van der Waals surface area contributed by atoms with E-state index in [0.29, 0.717) is 12.5 Å². The molecule has 0 aliphatic carbocycles. The van der Waals surface area contributed by atoms with Gasteiger partial charge < -0.3 is 15.2 Å². The summed E-state index contributed by atoms with van der Waals surface area (Å²) in [5.74, 6) is 0.532. The molecule has 146 valence electrons. The molecule has 0 saturated heterocycles. The molecule has 1 amide bonds. The van der Waals surface area contributed by atoms with Gasteiger partial charge in [0.05, 0.1) is 25.2 Å². The summed E-state index contributed by atoms with van der Waals surface area (Å²) in [6, 6.07) is 17.1. The summed E-state index contributed by atoms with van der Waals surface area (Å²) in [5.41, 5.74) is 1.82. The van der Waals surface area contributed by atoms with Crippen molar-refractivity contribution in [1.29, 1.82) is 0 Å². The van der Waals surface area contributed by atoms with Gasteiger partial charge in [-0.1, -0.05) is 62.7 Å². The predicted molar refractivity (Wildman–Crippen MR) is 109 cm³/mol. The number of carbonyl (C=O) groups is 1. The maximum Gasteiger partial charge on any atom is 0.230 e. The van der Waals surface area contributed by atoms with E-state index in [2.05, 4.69) is 19.2 Å². The molecule has 2 aromatic carbocycles. The molecule has 3 atom stereocenters. The Morgan fingerprint density at radius 2 is 1.70 bits per heavy atom. The highest BCUT2D eigenvalue weighted by Gasteiger charge is 2.21. The van der Waals surface area contributed by atoms with Crippen LogP contribution in [0.4, 0.5) is 0 Å². The number of rotatable bonds is 10. The van der Waals surface area contributed by atoms with Crippen LogP contribution in [0, 0.1) is 5.92 Å². The first-order valence-electron chi connectivity index (χ1n) is 9.74. The SMILES string of the molecule is CCCC(C)COc1ccc([C@H](CO)C(=O)N[C@H](C)c2ccccc2)cc1. The number of hydrogen-bond acceptors (Lipinski definition) is 3. The number of benzene rings is 2. The lowest BCUT2D eigenvalue weighted by Gasteiger charge is -2.20. The second-order valence-electron chi connectivity index (χ2n) is 7.15. The zero-order chi connectivity index (χ0) is 19.6. The van der Waals surface area contributed by atoms with Crippen LogP contribution in [-0.2, 0) is 4.79 Å². The molecule has 0 heterocycles. The molecular formula is C23H31NO3. The summed E-state index contributed by atoms with van der Waals surface area (Å²) in [6.07, 6.45) is 2.29. The molecule has 0 aliphatic rings. The van der Waals surface area contributed by atoms with Crippen molar-refractivity contribution >= 4 is 5.91 Å². The average Bonchev–Trinajstić information content (AvgIpc) is 2.69. The molecule has 0 radical (unpaired) electrons. The van der Waals surface area contributed by atoms with Gasteiger partial charge in [-0.15, -0.1) is 0 Å². The summed E-state index contributed by atoms with van der Waals surface area (Å²) in [4.78, 5) is 12.6. The molecule has 0 spiro atoms. The van der Waals surface area contributed by atoms with Gasteiger partial charge in [-0.2, -0.15) is 0 Å². The lowest BCUT2D eigenvalue weighted by Crippen LogP contribution is -2.33. The van der Waals surface area contributed by atoms with Crippen molar-refractivity contribution in [3.8, 4) is 5.75 Å². The van der Waals surface area contributed by atoms with Crippen LogP contribution in [0.5, 0.6) is 5.75 Å². The molecule has 2 aromatic rings. The molecule has 0 aromatic heterocycles. The largest absolute Gasteiger partial charge is 0.493 e. The minimum absolute atomic E-state index is 0.115. The number of amides is 1. The monoisotopic (exact) mass is 369 g/mol. The van der Waals surface area contributed by atoms with Gasteiger partial charge in [-0.3, -0.25) is 4.79 Å². The van der Waals surface area contributed by atoms with Crippen molar-refractivity contribution < 1.29 is 14.6 Å². The highest BCUT2D eigenvalue weighted by atomic mass is 16.5. The Hall–Kier alpha value is -2.33. The maximum atomic E-state index is 12.6. The van der Waals surface area contributed by atoms with Gasteiger partial charge in [0, 0.05) is 0 Å². The van der Waals surface area contributed by atoms with Crippen LogP contribution in [0.3, 0.4) is 0 Å². The van der Waals surface area contributed by atoms with E-state index < -0.39 is 5.92 Å². The number of hydrogen-bond donors (Lipinski definition) is 2. The maximum absolute atomic E-state index is 12.6. The molecule has 0 saturated carbocycles. The highest BCUT2D eigenvalue weighted by molar-refractivity contribution is 5.84. The van der Waals surface area contributed by atoms with E-state index in [1.165, 1.54) is 0 Å². The minimum Gasteiger partial charge on any atom is -0.493 e. The van der Waals surface area contributed by atoms with Crippen LogP contribution in [0.2, 0.25) is 0 Å². The number of nitrogens with one attached hydrogen (secondary N) is 1. The summed E-state index contributed by atoms with van der Waals surface area (Å²) in [5, 5.41) is 12.7. The van der Waals surface area contributed by atoms with Crippen LogP contribution < -0.4 is 10.1 Å². The van der Waals surface area contributed by atoms with Crippen molar-refractivity contribution in [2.75, 3.05) is 13.2 Å². The van der Waals surface area contributed by atoms with E-state index in [-0.39, 0.29) is 18.6 Å². The first-order chi connectivity index (χ1) is 13.0. The van der Waals surface area contributed by atoms with Crippen LogP contribution in [0.1, 0.15) is 56.7 Å². The van der Waals surface area contributed by atoms with Gasteiger partial charge in [0.25, 0.3) is 0 Å². The Morgan fingerprint density at radius 1 is 1.04 bits per heavy atom. The smallest absolute Gasteiger partial charge is 0.230 e. The quantitative estimate of drug-likeness (QED) is 0.650. The van der Waals surface area contributed by atoms with Gasteiger partial charge in [0.2, 0.25) is 5.91 Å². The van der Waals surface area contributed by atoms with E-state index in [1.807, 2.05) is 61.5 Å². The van der Waals surface area contributed by atoms with Gasteiger partial charge in [0.15, 0.2) is 0 Å². The van der Waals surface area contributed by atoms with E-state index in [1.54, 1.807) is 0 Å². The third-order valence-electron chi connectivity index (χ3n) is 4.76. The lowest BCUT2D eigenvalue weighted by molar-refractivity contribution is -0.124. The molecule has 0 aliphatic heterocycles. The fourth-order valence-electron chi connectivity index (χ4n) is 3.09. The first-order valence-corrected chi connectivity index (χ1v) is 9.74. The minimum atomic E-state index is -0.593. The molecule has 1 unspecified atom stereocenters. The second kappa shape index (κ2) is 10.7. The standard InChI is InChI=1S/C23H31NO3/c1-4-8-17(2)16-27-21-13-11-20(12-14-21)22(15-25)23(26)24-18(3)19-9-6-5-7-10-19/h5-7,9-14,17-18,22,25H,4,8,15-16H2,1-3H3,(H,24,26)/t17?,18-,22+/m1/s1. The Bertz CT molecular complexity index is 685. The molecule has 27 heavy (non-hydrogen) atoms. The third-order valence-corrected chi connectivity index (χ3v) is 4.76. The molecule has 0 fully saturated rings. The van der Waals surface area contributed by atoms with Crippen LogP contribution in [-0.4, -0.2) is 24.2 Å². The molecular weight excluding hydrogens is 338 g/mol. The second-order valence-corrected chi connectivity index (χ2v) is 7.15. The Labute approximate surface area is 162 Å². The summed E-state index contributed by atoms with van der Waals surface area (Å²) < 4.78 is 5.81. The van der Waals surface area contributed by atoms with Crippen LogP contribution >= 0.6 is 0 Å². The lowest BCUT2D eigenvalue weighted by atomic mass is 9.98. The molecule has 2 N–H and O–H groups in total. The van der Waals surface area contributed by atoms with E-state index in [9.17, 15) is 9.90 Å². The van der Waals surface area contributed by atoms with Crippen molar-refractivity contribution in [2.24, 2.45) is 5.92 Å². The fourth-order valence-corrected chi connectivity index (χ4v) is 3.09. The summed E-state index contributed by atoms with van der Waals surface area (Å²) in [7, 11) is 0.